The molecule has 0 saturated heterocycles. The van der Waals surface area contributed by atoms with Gasteiger partial charge < -0.3 is 5.11 Å². The zero-order valence-corrected chi connectivity index (χ0v) is 10.8. The molecule has 19 heavy (non-hydrogen) atoms. The molecular formula is C13H16N4O2. The van der Waals surface area contributed by atoms with Crippen molar-refractivity contribution in [3.63, 3.8) is 0 Å². The fourth-order valence-electron chi connectivity index (χ4n) is 1.84. The molecular weight excluding hydrogens is 244 g/mol. The summed E-state index contributed by atoms with van der Waals surface area (Å²) in [5.74, 6) is -0.621. The molecule has 2 aromatic rings. The van der Waals surface area contributed by atoms with Crippen molar-refractivity contribution in [2.24, 2.45) is 0 Å². The number of carbonyl (C=O) groups is 1. The molecule has 0 radical (unpaired) electrons. The Bertz CT molecular complexity index is 548. The summed E-state index contributed by atoms with van der Waals surface area (Å²) in [6.45, 7) is 2.16. The fraction of sp³-hybridized carbons (Fsp3) is 0.385. The molecule has 0 saturated carbocycles. The van der Waals surface area contributed by atoms with Crippen LogP contribution in [0, 0.1) is 0 Å². The van der Waals surface area contributed by atoms with E-state index in [0.717, 1.165) is 24.9 Å². The van der Waals surface area contributed by atoms with Gasteiger partial charge in [-0.2, -0.15) is 4.68 Å². The van der Waals surface area contributed by atoms with Gasteiger partial charge >= 0.3 is 5.97 Å². The van der Waals surface area contributed by atoms with Gasteiger partial charge in [-0.1, -0.05) is 25.5 Å². The number of rotatable bonds is 6. The molecule has 0 aliphatic rings. The van der Waals surface area contributed by atoms with Gasteiger partial charge in [-0.3, -0.25) is 4.79 Å². The zero-order valence-electron chi connectivity index (χ0n) is 10.8. The minimum Gasteiger partial charge on any atom is -0.481 e. The number of nitrogens with zero attached hydrogens (tertiary/aromatic N) is 4. The molecule has 6 heteroatoms. The minimum atomic E-state index is -0.949. The summed E-state index contributed by atoms with van der Waals surface area (Å²) in [6.07, 6.45) is 3.19. The average molecular weight is 260 g/mol. The average Bonchev–Trinajstić information content (AvgIpc) is 2.84. The maximum absolute atomic E-state index is 10.7. The maximum Gasteiger partial charge on any atom is 0.311 e. The first kappa shape index (κ1) is 13.2. The van der Waals surface area contributed by atoms with Crippen LogP contribution in [-0.2, 0) is 17.6 Å². The Morgan fingerprint density at radius 3 is 2.68 bits per heavy atom. The van der Waals surface area contributed by atoms with Crippen molar-refractivity contribution in [2.45, 2.75) is 32.6 Å². The van der Waals surface area contributed by atoms with E-state index in [4.69, 9.17) is 5.11 Å². The molecule has 0 amide bonds. The first-order chi connectivity index (χ1) is 9.20. The van der Waals surface area contributed by atoms with Crippen LogP contribution in [0.25, 0.3) is 5.69 Å². The monoisotopic (exact) mass is 260 g/mol. The predicted molar refractivity (Wildman–Crippen MR) is 69.1 cm³/mol. The van der Waals surface area contributed by atoms with Gasteiger partial charge in [-0.05, 0) is 41.0 Å². The van der Waals surface area contributed by atoms with Crippen molar-refractivity contribution in [2.75, 3.05) is 0 Å². The second-order valence-corrected chi connectivity index (χ2v) is 4.35. The second kappa shape index (κ2) is 6.08. The van der Waals surface area contributed by atoms with E-state index in [1.807, 2.05) is 24.3 Å². The lowest BCUT2D eigenvalue weighted by atomic mass is 10.1. The summed E-state index contributed by atoms with van der Waals surface area (Å²) in [7, 11) is 0. The topological polar surface area (TPSA) is 80.9 Å². The van der Waals surface area contributed by atoms with E-state index in [0.29, 0.717) is 5.82 Å². The molecule has 6 nitrogen and oxygen atoms in total. The summed E-state index contributed by atoms with van der Waals surface area (Å²) in [5, 5.41) is 19.9. The van der Waals surface area contributed by atoms with Crippen LogP contribution in [0.4, 0.5) is 0 Å². The van der Waals surface area contributed by atoms with Gasteiger partial charge in [0.15, 0.2) is 5.82 Å². The molecule has 0 aliphatic heterocycles. The van der Waals surface area contributed by atoms with Crippen LogP contribution in [0.2, 0.25) is 0 Å². The molecule has 0 spiro atoms. The number of aryl methyl sites for hydroxylation is 1. The Balaban J connectivity index is 2.18. The quantitative estimate of drug-likeness (QED) is 0.853. The molecule has 0 atom stereocenters. The number of aromatic nitrogens is 4. The number of benzene rings is 1. The zero-order chi connectivity index (χ0) is 13.7. The van der Waals surface area contributed by atoms with Gasteiger partial charge in [0.25, 0.3) is 0 Å². The van der Waals surface area contributed by atoms with Gasteiger partial charge in [0.2, 0.25) is 0 Å². The van der Waals surface area contributed by atoms with Crippen molar-refractivity contribution in [3.05, 3.63) is 35.7 Å². The number of unbranched alkanes of at least 4 members (excludes halogenated alkanes) is 1. The van der Waals surface area contributed by atoms with E-state index < -0.39 is 5.97 Å². The molecule has 0 fully saturated rings. The van der Waals surface area contributed by atoms with Crippen molar-refractivity contribution in [1.29, 1.82) is 0 Å². The third-order valence-electron chi connectivity index (χ3n) is 2.84. The number of aliphatic carboxylic acids is 1. The highest BCUT2D eigenvalue weighted by molar-refractivity contribution is 5.69. The molecule has 1 aromatic heterocycles. The highest BCUT2D eigenvalue weighted by Gasteiger charge is 2.11. The summed E-state index contributed by atoms with van der Waals surface area (Å²) in [6, 6.07) is 7.87. The van der Waals surface area contributed by atoms with Crippen molar-refractivity contribution < 1.29 is 9.90 Å². The Kier molecular flexibility index (Phi) is 4.22. The third kappa shape index (κ3) is 3.37. The van der Waals surface area contributed by atoms with Gasteiger partial charge in [-0.15, -0.1) is 5.10 Å². The minimum absolute atomic E-state index is 0.190. The van der Waals surface area contributed by atoms with E-state index in [1.165, 1.54) is 10.2 Å². The molecule has 100 valence electrons. The second-order valence-electron chi connectivity index (χ2n) is 4.35. The SMILES string of the molecule is CCCCc1ccc(-n2nnnc2CC(=O)O)cc1. The van der Waals surface area contributed by atoms with Crippen molar-refractivity contribution >= 4 is 5.97 Å². The molecule has 1 N–H and O–H groups in total. The number of carboxylic acid groups (broad SMARTS) is 1. The smallest absolute Gasteiger partial charge is 0.311 e. The lowest BCUT2D eigenvalue weighted by Gasteiger charge is -2.05. The van der Waals surface area contributed by atoms with Crippen LogP contribution >= 0.6 is 0 Å². The lowest BCUT2D eigenvalue weighted by molar-refractivity contribution is -0.136. The summed E-state index contributed by atoms with van der Waals surface area (Å²) >= 11 is 0. The van der Waals surface area contributed by atoms with Gasteiger partial charge in [0.05, 0.1) is 5.69 Å². The van der Waals surface area contributed by atoms with Gasteiger partial charge in [-0.25, -0.2) is 0 Å². The molecule has 2 rings (SSSR count). The lowest BCUT2D eigenvalue weighted by Crippen LogP contribution is -2.09. The van der Waals surface area contributed by atoms with Gasteiger partial charge in [0.1, 0.15) is 6.42 Å². The molecule has 0 aliphatic carbocycles. The molecule has 0 bridgehead atoms. The van der Waals surface area contributed by atoms with Crippen LogP contribution in [0.15, 0.2) is 24.3 Å². The Labute approximate surface area is 111 Å². The van der Waals surface area contributed by atoms with E-state index in [2.05, 4.69) is 22.4 Å². The first-order valence-electron chi connectivity index (χ1n) is 6.29. The first-order valence-corrected chi connectivity index (χ1v) is 6.29. The van der Waals surface area contributed by atoms with E-state index in [-0.39, 0.29) is 6.42 Å². The van der Waals surface area contributed by atoms with Crippen LogP contribution in [0.3, 0.4) is 0 Å². The van der Waals surface area contributed by atoms with Crippen LogP contribution in [-0.4, -0.2) is 31.3 Å². The summed E-state index contributed by atoms with van der Waals surface area (Å²) in [4.78, 5) is 10.7. The Morgan fingerprint density at radius 1 is 1.32 bits per heavy atom. The number of carboxylic acids is 1. The highest BCUT2D eigenvalue weighted by atomic mass is 16.4. The molecule has 0 unspecified atom stereocenters. The third-order valence-corrected chi connectivity index (χ3v) is 2.84. The van der Waals surface area contributed by atoms with Crippen LogP contribution in [0.5, 0.6) is 0 Å². The normalized spacial score (nSPS) is 10.6. The number of hydrogen-bond donors (Lipinski definition) is 1. The standard InChI is InChI=1S/C13H16N4O2/c1-2-3-4-10-5-7-11(8-6-10)17-12(9-13(18)19)14-15-16-17/h5-8H,2-4,9H2,1H3,(H,18,19). The summed E-state index contributed by atoms with van der Waals surface area (Å²) < 4.78 is 1.46. The maximum atomic E-state index is 10.7. The van der Waals surface area contributed by atoms with Crippen LogP contribution < -0.4 is 0 Å². The Morgan fingerprint density at radius 2 is 2.05 bits per heavy atom. The molecule has 1 aromatic carbocycles. The highest BCUT2D eigenvalue weighted by Crippen LogP contribution is 2.12. The predicted octanol–water partition coefficient (Wildman–Crippen LogP) is 1.63. The molecule has 1 heterocycles. The van der Waals surface area contributed by atoms with Crippen molar-refractivity contribution in [1.82, 2.24) is 20.2 Å². The Hall–Kier alpha value is -2.24. The fourth-order valence-corrected chi connectivity index (χ4v) is 1.84. The van der Waals surface area contributed by atoms with E-state index in [9.17, 15) is 4.79 Å². The van der Waals surface area contributed by atoms with Gasteiger partial charge in [0, 0.05) is 0 Å². The number of tetrazole rings is 1. The number of hydrogen-bond acceptors (Lipinski definition) is 4. The van der Waals surface area contributed by atoms with Crippen molar-refractivity contribution in [3.8, 4) is 5.69 Å². The van der Waals surface area contributed by atoms with E-state index >= 15 is 0 Å². The largest absolute Gasteiger partial charge is 0.481 e. The van der Waals surface area contributed by atoms with E-state index in [1.54, 1.807) is 0 Å². The van der Waals surface area contributed by atoms with Crippen LogP contribution in [0.1, 0.15) is 31.2 Å². The summed E-state index contributed by atoms with van der Waals surface area (Å²) in [5.41, 5.74) is 2.04.